The van der Waals surface area contributed by atoms with E-state index in [9.17, 15) is 0 Å². The van der Waals surface area contributed by atoms with E-state index in [0.29, 0.717) is 12.5 Å². The van der Waals surface area contributed by atoms with Gasteiger partial charge in [-0.15, -0.1) is 0 Å². The lowest BCUT2D eigenvalue weighted by Crippen LogP contribution is -2.01. The molecule has 0 fully saturated rings. The second-order valence-corrected chi connectivity index (χ2v) is 5.90. The maximum Gasteiger partial charge on any atom is 0.0713 e. The summed E-state index contributed by atoms with van der Waals surface area (Å²) >= 11 is 0. The molecule has 2 aromatic rings. The molecule has 0 atom stereocenters. The van der Waals surface area contributed by atoms with Crippen LogP contribution in [0.4, 0.5) is 5.69 Å². The summed E-state index contributed by atoms with van der Waals surface area (Å²) in [5.74, 6) is 0.706. The largest absolute Gasteiger partial charge is 0.381 e. The van der Waals surface area contributed by atoms with Gasteiger partial charge in [-0.05, 0) is 41.2 Å². The summed E-state index contributed by atoms with van der Waals surface area (Å²) in [6, 6.07) is 17.3. The quantitative estimate of drug-likeness (QED) is 0.799. The molecule has 0 heterocycles. The number of methoxy groups -OCH3 is 1. The SMILES string of the molecule is COCc1cccc(NCc2ccc(CC(C)C)cc2)c1. The average Bonchev–Trinajstić information content (AvgIpc) is 2.47. The van der Waals surface area contributed by atoms with Gasteiger partial charge >= 0.3 is 0 Å². The van der Waals surface area contributed by atoms with Crippen molar-refractivity contribution in [3.05, 3.63) is 65.2 Å². The van der Waals surface area contributed by atoms with Crippen molar-refractivity contribution < 1.29 is 4.74 Å². The lowest BCUT2D eigenvalue weighted by Gasteiger charge is -2.10. The first-order valence-electron chi connectivity index (χ1n) is 7.57. The highest BCUT2D eigenvalue weighted by Gasteiger charge is 1.99. The van der Waals surface area contributed by atoms with E-state index in [2.05, 4.69) is 67.7 Å². The molecule has 1 N–H and O–H groups in total. The van der Waals surface area contributed by atoms with Crippen LogP contribution in [0.1, 0.15) is 30.5 Å². The standard InChI is InChI=1S/C19H25NO/c1-15(2)11-16-7-9-17(10-8-16)13-20-19-6-4-5-18(12-19)14-21-3/h4-10,12,15,20H,11,13-14H2,1-3H3. The van der Waals surface area contributed by atoms with Gasteiger partial charge in [0.15, 0.2) is 0 Å². The van der Waals surface area contributed by atoms with E-state index < -0.39 is 0 Å². The number of ether oxygens (including phenoxy) is 1. The van der Waals surface area contributed by atoms with Gasteiger partial charge < -0.3 is 10.1 Å². The van der Waals surface area contributed by atoms with Crippen LogP contribution in [0.5, 0.6) is 0 Å². The maximum absolute atomic E-state index is 5.16. The second-order valence-electron chi connectivity index (χ2n) is 5.90. The molecule has 0 saturated heterocycles. The fourth-order valence-corrected chi connectivity index (χ4v) is 2.41. The summed E-state index contributed by atoms with van der Waals surface area (Å²) < 4.78 is 5.16. The van der Waals surface area contributed by atoms with Gasteiger partial charge in [-0.1, -0.05) is 50.2 Å². The zero-order valence-corrected chi connectivity index (χ0v) is 13.2. The Kier molecular flexibility index (Phi) is 5.82. The van der Waals surface area contributed by atoms with Crippen LogP contribution in [-0.4, -0.2) is 7.11 Å². The van der Waals surface area contributed by atoms with Gasteiger partial charge in [-0.2, -0.15) is 0 Å². The van der Waals surface area contributed by atoms with Gasteiger partial charge in [0.1, 0.15) is 0 Å². The Morgan fingerprint density at radius 3 is 2.33 bits per heavy atom. The molecule has 2 heteroatoms. The fraction of sp³-hybridized carbons (Fsp3) is 0.368. The van der Waals surface area contributed by atoms with Crippen LogP contribution in [0.2, 0.25) is 0 Å². The number of nitrogens with one attached hydrogen (secondary N) is 1. The Morgan fingerprint density at radius 2 is 1.67 bits per heavy atom. The van der Waals surface area contributed by atoms with Crippen LogP contribution in [0.15, 0.2) is 48.5 Å². The molecule has 0 aliphatic carbocycles. The zero-order chi connectivity index (χ0) is 15.1. The number of anilines is 1. The van der Waals surface area contributed by atoms with Crippen LogP contribution >= 0.6 is 0 Å². The van der Waals surface area contributed by atoms with E-state index in [1.165, 1.54) is 16.7 Å². The monoisotopic (exact) mass is 283 g/mol. The van der Waals surface area contributed by atoms with E-state index in [0.717, 1.165) is 18.7 Å². The normalized spacial score (nSPS) is 10.9. The lowest BCUT2D eigenvalue weighted by molar-refractivity contribution is 0.185. The molecule has 0 aliphatic rings. The van der Waals surface area contributed by atoms with Crippen molar-refractivity contribution >= 4 is 5.69 Å². The van der Waals surface area contributed by atoms with Crippen molar-refractivity contribution in [2.75, 3.05) is 12.4 Å². The molecule has 2 nitrogen and oxygen atoms in total. The molecular formula is C19H25NO. The van der Waals surface area contributed by atoms with E-state index in [1.54, 1.807) is 7.11 Å². The minimum atomic E-state index is 0.652. The van der Waals surface area contributed by atoms with Crippen LogP contribution in [-0.2, 0) is 24.3 Å². The minimum Gasteiger partial charge on any atom is -0.381 e. The molecule has 0 bridgehead atoms. The van der Waals surface area contributed by atoms with E-state index in [-0.39, 0.29) is 0 Å². The van der Waals surface area contributed by atoms with Gasteiger partial charge in [0.25, 0.3) is 0 Å². The Bertz CT molecular complexity index is 546. The van der Waals surface area contributed by atoms with Crippen LogP contribution in [0.25, 0.3) is 0 Å². The molecule has 0 spiro atoms. The van der Waals surface area contributed by atoms with Crippen molar-refractivity contribution in [1.82, 2.24) is 0 Å². The Hall–Kier alpha value is -1.80. The minimum absolute atomic E-state index is 0.652. The predicted molar refractivity (Wildman–Crippen MR) is 89.5 cm³/mol. The first-order valence-corrected chi connectivity index (χ1v) is 7.57. The zero-order valence-electron chi connectivity index (χ0n) is 13.2. The average molecular weight is 283 g/mol. The van der Waals surface area contributed by atoms with Crippen molar-refractivity contribution in [3.63, 3.8) is 0 Å². The number of rotatable bonds is 7. The van der Waals surface area contributed by atoms with Gasteiger partial charge in [-0.25, -0.2) is 0 Å². The Morgan fingerprint density at radius 1 is 0.952 bits per heavy atom. The van der Waals surface area contributed by atoms with Gasteiger partial charge in [-0.3, -0.25) is 0 Å². The third-order valence-electron chi connectivity index (χ3n) is 3.40. The summed E-state index contributed by atoms with van der Waals surface area (Å²) in [6.45, 7) is 6.00. The predicted octanol–water partition coefficient (Wildman–Crippen LogP) is 4.64. The molecule has 2 rings (SSSR count). The topological polar surface area (TPSA) is 21.3 Å². The Labute approximate surface area is 128 Å². The highest BCUT2D eigenvalue weighted by molar-refractivity contribution is 5.46. The fourth-order valence-electron chi connectivity index (χ4n) is 2.41. The molecule has 0 unspecified atom stereocenters. The molecule has 0 aromatic heterocycles. The molecule has 0 radical (unpaired) electrons. The number of hydrogen-bond acceptors (Lipinski definition) is 2. The summed E-state index contributed by atoms with van der Waals surface area (Å²) in [5.41, 5.74) is 5.04. The Balaban J connectivity index is 1.91. The highest BCUT2D eigenvalue weighted by Crippen LogP contribution is 2.14. The van der Waals surface area contributed by atoms with Crippen LogP contribution in [0, 0.1) is 5.92 Å². The van der Waals surface area contributed by atoms with Crippen LogP contribution < -0.4 is 5.32 Å². The third-order valence-corrected chi connectivity index (χ3v) is 3.40. The van der Waals surface area contributed by atoms with E-state index in [4.69, 9.17) is 4.74 Å². The van der Waals surface area contributed by atoms with E-state index in [1.807, 2.05) is 0 Å². The van der Waals surface area contributed by atoms with Gasteiger partial charge in [0.2, 0.25) is 0 Å². The molecule has 2 aromatic carbocycles. The number of hydrogen-bond donors (Lipinski definition) is 1. The van der Waals surface area contributed by atoms with Crippen molar-refractivity contribution in [1.29, 1.82) is 0 Å². The number of benzene rings is 2. The molecule has 21 heavy (non-hydrogen) atoms. The highest BCUT2D eigenvalue weighted by atomic mass is 16.5. The smallest absolute Gasteiger partial charge is 0.0713 e. The van der Waals surface area contributed by atoms with Crippen molar-refractivity contribution in [3.8, 4) is 0 Å². The van der Waals surface area contributed by atoms with Gasteiger partial charge in [0, 0.05) is 19.3 Å². The maximum atomic E-state index is 5.16. The third kappa shape index (κ3) is 5.24. The first kappa shape index (κ1) is 15.6. The van der Waals surface area contributed by atoms with Crippen molar-refractivity contribution in [2.45, 2.75) is 33.4 Å². The van der Waals surface area contributed by atoms with Crippen LogP contribution in [0.3, 0.4) is 0 Å². The summed E-state index contributed by atoms with van der Waals surface area (Å²) in [6.07, 6.45) is 1.15. The lowest BCUT2D eigenvalue weighted by atomic mass is 10.0. The second kappa shape index (κ2) is 7.84. The summed E-state index contributed by atoms with van der Waals surface area (Å²) in [5, 5.41) is 3.46. The van der Waals surface area contributed by atoms with Gasteiger partial charge in [0.05, 0.1) is 6.61 Å². The molecule has 112 valence electrons. The summed E-state index contributed by atoms with van der Waals surface area (Å²) in [7, 11) is 1.72. The van der Waals surface area contributed by atoms with E-state index >= 15 is 0 Å². The molecule has 0 amide bonds. The molecular weight excluding hydrogens is 258 g/mol. The first-order chi connectivity index (χ1) is 10.2. The summed E-state index contributed by atoms with van der Waals surface area (Å²) in [4.78, 5) is 0. The van der Waals surface area contributed by atoms with Crippen molar-refractivity contribution in [2.24, 2.45) is 5.92 Å². The molecule has 0 saturated carbocycles. The molecule has 0 aliphatic heterocycles.